The van der Waals surface area contributed by atoms with Crippen LogP contribution < -0.4 is 5.32 Å². The van der Waals surface area contributed by atoms with E-state index < -0.39 is 10.0 Å². The molecule has 0 aliphatic carbocycles. The second-order valence-corrected chi connectivity index (χ2v) is 8.38. The standard InChI is InChI=1S/C17H21N3O5S/c1-4-15(21)19-17-11(2)9-20(10-12(17)3)26(22,23)16-6-5-13(24-16)14-7-8-18-25-14/h4-8,11-12,17H,1,9-10H2,2-3H3,(H,19,21). The summed E-state index contributed by atoms with van der Waals surface area (Å²) in [5, 5.41) is 6.32. The molecule has 0 spiro atoms. The number of nitrogens with zero attached hydrogens (tertiary/aromatic N) is 2. The van der Waals surface area contributed by atoms with Crippen LogP contribution in [0.2, 0.25) is 0 Å². The fraction of sp³-hybridized carbons (Fsp3) is 0.412. The molecule has 3 rings (SSSR count). The van der Waals surface area contributed by atoms with Crippen LogP contribution >= 0.6 is 0 Å². The maximum atomic E-state index is 12.9. The van der Waals surface area contributed by atoms with Gasteiger partial charge in [0.25, 0.3) is 10.0 Å². The topological polar surface area (TPSA) is 106 Å². The Balaban J connectivity index is 1.78. The van der Waals surface area contributed by atoms with Gasteiger partial charge in [-0.2, -0.15) is 4.31 Å². The Morgan fingerprint density at radius 1 is 1.27 bits per heavy atom. The fourth-order valence-corrected chi connectivity index (χ4v) is 4.82. The van der Waals surface area contributed by atoms with Crippen molar-refractivity contribution in [3.63, 3.8) is 0 Å². The lowest BCUT2D eigenvalue weighted by molar-refractivity contribution is -0.118. The zero-order valence-electron chi connectivity index (χ0n) is 14.6. The van der Waals surface area contributed by atoms with E-state index in [-0.39, 0.29) is 42.0 Å². The van der Waals surface area contributed by atoms with Gasteiger partial charge in [-0.1, -0.05) is 25.6 Å². The van der Waals surface area contributed by atoms with E-state index >= 15 is 0 Å². The average molecular weight is 379 g/mol. The summed E-state index contributed by atoms with van der Waals surface area (Å²) in [6.45, 7) is 7.84. The Labute approximate surface area is 151 Å². The van der Waals surface area contributed by atoms with Crippen LogP contribution in [0.3, 0.4) is 0 Å². The van der Waals surface area contributed by atoms with Gasteiger partial charge in [-0.15, -0.1) is 0 Å². The Hall–Kier alpha value is -2.39. The summed E-state index contributed by atoms with van der Waals surface area (Å²) < 4.78 is 37.7. The molecule has 0 aromatic carbocycles. The van der Waals surface area contributed by atoms with Crippen molar-refractivity contribution < 1.29 is 22.2 Å². The van der Waals surface area contributed by atoms with Gasteiger partial charge in [0.2, 0.25) is 16.8 Å². The molecule has 0 bridgehead atoms. The molecule has 1 fully saturated rings. The van der Waals surface area contributed by atoms with Crippen LogP contribution in [0.15, 0.2) is 51.1 Å². The van der Waals surface area contributed by atoms with Gasteiger partial charge in [-0.25, -0.2) is 8.42 Å². The minimum atomic E-state index is -3.78. The van der Waals surface area contributed by atoms with Crippen molar-refractivity contribution in [1.29, 1.82) is 0 Å². The first-order valence-corrected chi connectivity index (χ1v) is 9.71. The summed E-state index contributed by atoms with van der Waals surface area (Å²) in [6.07, 6.45) is 2.67. The molecule has 26 heavy (non-hydrogen) atoms. The SMILES string of the molecule is C=CC(=O)NC1C(C)CN(S(=O)(=O)c2ccc(-c3ccno3)o2)CC1C. The molecule has 0 saturated carbocycles. The Kier molecular flexibility index (Phi) is 5.01. The van der Waals surface area contributed by atoms with Gasteiger partial charge < -0.3 is 14.3 Å². The van der Waals surface area contributed by atoms with Crippen molar-refractivity contribution in [2.45, 2.75) is 25.0 Å². The van der Waals surface area contributed by atoms with Crippen molar-refractivity contribution in [2.24, 2.45) is 11.8 Å². The zero-order valence-corrected chi connectivity index (χ0v) is 15.4. The largest absolute Gasteiger partial charge is 0.440 e. The molecule has 1 N–H and O–H groups in total. The van der Waals surface area contributed by atoms with Crippen LogP contribution in [-0.2, 0) is 14.8 Å². The lowest BCUT2D eigenvalue weighted by atomic mass is 9.87. The van der Waals surface area contributed by atoms with Crippen LogP contribution in [0, 0.1) is 11.8 Å². The number of hydrogen-bond donors (Lipinski definition) is 1. The molecule has 9 heteroatoms. The first-order valence-electron chi connectivity index (χ1n) is 8.27. The molecule has 1 aliphatic heterocycles. The first-order chi connectivity index (χ1) is 12.3. The molecule has 2 aromatic heterocycles. The molecular weight excluding hydrogens is 358 g/mol. The van der Waals surface area contributed by atoms with Crippen molar-refractivity contribution in [3.05, 3.63) is 37.1 Å². The maximum Gasteiger partial charge on any atom is 0.276 e. The van der Waals surface area contributed by atoms with Gasteiger partial charge in [0.15, 0.2) is 5.76 Å². The zero-order chi connectivity index (χ0) is 18.9. The molecule has 2 atom stereocenters. The van der Waals surface area contributed by atoms with E-state index in [1.807, 2.05) is 13.8 Å². The lowest BCUT2D eigenvalue weighted by Gasteiger charge is -2.40. The molecule has 3 heterocycles. The smallest absolute Gasteiger partial charge is 0.276 e. The summed E-state index contributed by atoms with van der Waals surface area (Å²) in [6, 6.07) is 4.42. The van der Waals surface area contributed by atoms with Crippen LogP contribution in [0.25, 0.3) is 11.5 Å². The van der Waals surface area contributed by atoms with E-state index in [0.29, 0.717) is 11.5 Å². The third kappa shape index (κ3) is 3.45. The summed E-state index contributed by atoms with van der Waals surface area (Å²) in [5.41, 5.74) is 0. The molecule has 1 saturated heterocycles. The highest BCUT2D eigenvalue weighted by Gasteiger charge is 2.39. The summed E-state index contributed by atoms with van der Waals surface area (Å²) in [4.78, 5) is 11.6. The van der Waals surface area contributed by atoms with Gasteiger partial charge in [-0.05, 0) is 30.0 Å². The third-order valence-electron chi connectivity index (χ3n) is 4.56. The monoisotopic (exact) mass is 379 g/mol. The van der Waals surface area contributed by atoms with E-state index in [0.717, 1.165) is 0 Å². The number of sulfonamides is 1. The number of carbonyl (C=O) groups excluding carboxylic acids is 1. The Bertz CT molecular complexity index is 875. The minimum Gasteiger partial charge on any atom is -0.440 e. The number of aromatic nitrogens is 1. The number of carbonyl (C=O) groups is 1. The van der Waals surface area contributed by atoms with E-state index in [2.05, 4.69) is 17.1 Å². The van der Waals surface area contributed by atoms with Crippen LogP contribution in [-0.4, -0.2) is 42.9 Å². The lowest BCUT2D eigenvalue weighted by Crippen LogP contribution is -2.55. The van der Waals surface area contributed by atoms with Gasteiger partial charge in [0.1, 0.15) is 0 Å². The molecular formula is C17H21N3O5S. The number of nitrogens with one attached hydrogen (secondary N) is 1. The van der Waals surface area contributed by atoms with E-state index in [9.17, 15) is 13.2 Å². The molecule has 1 amide bonds. The summed E-state index contributed by atoms with van der Waals surface area (Å²) in [7, 11) is -3.78. The molecule has 0 radical (unpaired) electrons. The predicted molar refractivity (Wildman–Crippen MR) is 93.4 cm³/mol. The van der Waals surface area contributed by atoms with Crippen molar-refractivity contribution in [1.82, 2.24) is 14.8 Å². The number of hydrogen-bond acceptors (Lipinski definition) is 6. The molecule has 1 aliphatic rings. The quantitative estimate of drug-likeness (QED) is 0.795. The van der Waals surface area contributed by atoms with Crippen LogP contribution in [0.5, 0.6) is 0 Å². The van der Waals surface area contributed by atoms with Crippen LogP contribution in [0.4, 0.5) is 0 Å². The number of piperidine rings is 1. The first kappa shape index (κ1) is 18.4. The van der Waals surface area contributed by atoms with Gasteiger partial charge in [-0.3, -0.25) is 4.79 Å². The van der Waals surface area contributed by atoms with Gasteiger partial charge in [0, 0.05) is 25.2 Å². The highest BCUT2D eigenvalue weighted by Crippen LogP contribution is 2.30. The van der Waals surface area contributed by atoms with Gasteiger partial charge >= 0.3 is 0 Å². The average Bonchev–Trinajstić information content (AvgIpc) is 3.28. The summed E-state index contributed by atoms with van der Waals surface area (Å²) in [5.74, 6) is 0.296. The number of amides is 1. The van der Waals surface area contributed by atoms with E-state index in [4.69, 9.17) is 8.94 Å². The van der Waals surface area contributed by atoms with Crippen LogP contribution in [0.1, 0.15) is 13.8 Å². The van der Waals surface area contributed by atoms with Crippen molar-refractivity contribution in [2.75, 3.05) is 13.1 Å². The highest BCUT2D eigenvalue weighted by atomic mass is 32.2. The highest BCUT2D eigenvalue weighted by molar-refractivity contribution is 7.89. The fourth-order valence-electron chi connectivity index (χ4n) is 3.27. The van der Waals surface area contributed by atoms with E-state index in [1.54, 1.807) is 6.07 Å². The van der Waals surface area contributed by atoms with Crippen molar-refractivity contribution in [3.8, 4) is 11.5 Å². The van der Waals surface area contributed by atoms with Gasteiger partial charge in [0.05, 0.1) is 6.20 Å². The Morgan fingerprint density at radius 3 is 2.54 bits per heavy atom. The molecule has 140 valence electrons. The Morgan fingerprint density at radius 2 is 1.96 bits per heavy atom. The third-order valence-corrected chi connectivity index (χ3v) is 6.27. The summed E-state index contributed by atoms with van der Waals surface area (Å²) >= 11 is 0. The van der Waals surface area contributed by atoms with Crippen molar-refractivity contribution >= 4 is 15.9 Å². The second-order valence-electron chi connectivity index (χ2n) is 6.51. The molecule has 2 aromatic rings. The maximum absolute atomic E-state index is 12.9. The predicted octanol–water partition coefficient (Wildman–Crippen LogP) is 1.88. The molecule has 2 unspecified atom stereocenters. The second kappa shape index (κ2) is 7.08. The number of rotatable bonds is 5. The minimum absolute atomic E-state index is 0.0545. The van der Waals surface area contributed by atoms with E-state index in [1.165, 1.54) is 28.7 Å². The molecule has 8 nitrogen and oxygen atoms in total. The normalized spacial score (nSPS) is 24.3. The number of furan rings is 1.